The SMILES string of the molecule is CCO/C(N)=C(/C=NC)N=Cc1c(N)cccc1-c1nc(-c2cc3cn(C)nc3nc2CC)n(C)c1C1CC1. The van der Waals surface area contributed by atoms with Gasteiger partial charge in [-0.3, -0.25) is 9.67 Å². The summed E-state index contributed by atoms with van der Waals surface area (Å²) in [6.45, 7) is 4.41. The van der Waals surface area contributed by atoms with Crippen molar-refractivity contribution < 1.29 is 4.74 Å². The number of ether oxygens (including phenoxy) is 1. The number of aromatic nitrogens is 5. The summed E-state index contributed by atoms with van der Waals surface area (Å²) in [6.07, 6.45) is 8.31. The molecule has 1 aliphatic carbocycles. The molecular weight excluding hydrogens is 490 g/mol. The molecule has 1 aromatic carbocycles. The average molecular weight is 526 g/mol. The third-order valence-corrected chi connectivity index (χ3v) is 6.90. The second-order valence-electron chi connectivity index (χ2n) is 9.69. The Balaban J connectivity index is 1.68. The maximum atomic E-state index is 6.50. The van der Waals surface area contributed by atoms with Crippen LogP contribution in [0.2, 0.25) is 0 Å². The number of imidazole rings is 1. The molecule has 0 bridgehead atoms. The normalized spacial score (nSPS) is 14.6. The third kappa shape index (κ3) is 5.01. The molecular formula is C29H35N9O. The number of pyridine rings is 1. The first-order valence-corrected chi connectivity index (χ1v) is 13.2. The number of nitrogens with zero attached hydrogens (tertiary/aromatic N) is 7. The van der Waals surface area contributed by atoms with Crippen LogP contribution in [-0.2, 0) is 25.3 Å². The number of allylic oxidation sites excluding steroid dienone is 1. The van der Waals surface area contributed by atoms with Gasteiger partial charge in [-0.05, 0) is 38.3 Å². The van der Waals surface area contributed by atoms with Gasteiger partial charge in [-0.25, -0.2) is 15.0 Å². The minimum Gasteiger partial charge on any atom is -0.478 e. The van der Waals surface area contributed by atoms with Gasteiger partial charge in [-0.2, -0.15) is 5.10 Å². The first-order valence-electron chi connectivity index (χ1n) is 13.2. The second-order valence-corrected chi connectivity index (χ2v) is 9.69. The minimum absolute atomic E-state index is 0.208. The van der Waals surface area contributed by atoms with Gasteiger partial charge in [-0.15, -0.1) is 0 Å². The lowest BCUT2D eigenvalue weighted by Crippen LogP contribution is -2.07. The Labute approximate surface area is 228 Å². The topological polar surface area (TPSA) is 135 Å². The standard InChI is InChI=1S/C29H35N9O/c1-6-23-20(13-18-16-37(4)36-28(18)34-23)29-35-25(26(38(29)5)17-11-12-17)19-9-8-10-22(30)21(19)14-33-24(15-32-3)27(31)39-7-2/h8-10,13-17H,6-7,11-12,30-31H2,1-5H3/b27-24-,32-15?,33-14?. The second kappa shape index (κ2) is 10.7. The highest BCUT2D eigenvalue weighted by molar-refractivity contribution is 5.98. The van der Waals surface area contributed by atoms with E-state index in [0.29, 0.717) is 23.9 Å². The van der Waals surface area contributed by atoms with Crippen LogP contribution in [0.4, 0.5) is 5.69 Å². The number of anilines is 1. The predicted molar refractivity (Wildman–Crippen MR) is 157 cm³/mol. The fourth-order valence-electron chi connectivity index (χ4n) is 4.93. The molecule has 1 saturated carbocycles. The molecule has 0 saturated heterocycles. The molecule has 0 radical (unpaired) electrons. The van der Waals surface area contributed by atoms with Crippen molar-refractivity contribution in [1.82, 2.24) is 24.3 Å². The zero-order valence-corrected chi connectivity index (χ0v) is 23.1. The maximum absolute atomic E-state index is 6.50. The summed E-state index contributed by atoms with van der Waals surface area (Å²) < 4.78 is 9.48. The lowest BCUT2D eigenvalue weighted by Gasteiger charge is -2.11. The molecule has 10 nitrogen and oxygen atoms in total. The predicted octanol–water partition coefficient (Wildman–Crippen LogP) is 4.34. The first kappa shape index (κ1) is 26.1. The van der Waals surface area contributed by atoms with E-state index in [1.807, 2.05) is 38.4 Å². The molecule has 4 aromatic rings. The van der Waals surface area contributed by atoms with E-state index in [9.17, 15) is 0 Å². The number of aryl methyl sites for hydroxylation is 2. The Morgan fingerprint density at radius 2 is 1.97 bits per heavy atom. The van der Waals surface area contributed by atoms with Crippen molar-refractivity contribution in [2.24, 2.45) is 29.8 Å². The molecule has 3 aromatic heterocycles. The fourth-order valence-corrected chi connectivity index (χ4v) is 4.93. The van der Waals surface area contributed by atoms with Crippen LogP contribution in [0.3, 0.4) is 0 Å². The number of fused-ring (bicyclic) bond motifs is 1. The van der Waals surface area contributed by atoms with Gasteiger partial charge >= 0.3 is 0 Å². The van der Waals surface area contributed by atoms with E-state index in [-0.39, 0.29) is 5.88 Å². The van der Waals surface area contributed by atoms with Crippen LogP contribution in [0.15, 0.2) is 52.0 Å². The van der Waals surface area contributed by atoms with Gasteiger partial charge in [0.05, 0.1) is 24.2 Å². The van der Waals surface area contributed by atoms with Crippen LogP contribution < -0.4 is 11.5 Å². The van der Waals surface area contributed by atoms with Crippen LogP contribution in [0.5, 0.6) is 0 Å². The average Bonchev–Trinajstić information content (AvgIpc) is 3.60. The van der Waals surface area contributed by atoms with Gasteiger partial charge in [0.25, 0.3) is 0 Å². The molecule has 1 fully saturated rings. The summed E-state index contributed by atoms with van der Waals surface area (Å²) in [5, 5.41) is 5.49. The molecule has 1 aliphatic rings. The molecule has 0 atom stereocenters. The van der Waals surface area contributed by atoms with E-state index in [1.165, 1.54) is 5.69 Å². The van der Waals surface area contributed by atoms with E-state index >= 15 is 0 Å². The molecule has 10 heteroatoms. The van der Waals surface area contributed by atoms with Gasteiger partial charge < -0.3 is 20.8 Å². The monoisotopic (exact) mass is 525 g/mol. The van der Waals surface area contributed by atoms with Crippen LogP contribution in [-0.4, -0.2) is 50.4 Å². The van der Waals surface area contributed by atoms with Gasteiger partial charge in [0, 0.05) is 72.9 Å². The largest absolute Gasteiger partial charge is 0.478 e. The van der Waals surface area contributed by atoms with E-state index in [2.05, 4.69) is 39.7 Å². The third-order valence-electron chi connectivity index (χ3n) is 6.90. The summed E-state index contributed by atoms with van der Waals surface area (Å²) in [7, 11) is 5.67. The number of aliphatic imine (C=N–C) groups is 2. The summed E-state index contributed by atoms with van der Waals surface area (Å²) in [6, 6.07) is 8.01. The summed E-state index contributed by atoms with van der Waals surface area (Å²) >= 11 is 0. The number of rotatable bonds is 9. The lowest BCUT2D eigenvalue weighted by atomic mass is 10.0. The van der Waals surface area contributed by atoms with Crippen LogP contribution in [0.1, 0.15) is 49.6 Å². The highest BCUT2D eigenvalue weighted by Gasteiger charge is 2.33. The summed E-state index contributed by atoms with van der Waals surface area (Å²) in [4.78, 5) is 18.8. The molecule has 0 unspecified atom stereocenters. The van der Waals surface area contributed by atoms with Crippen LogP contribution in [0.25, 0.3) is 33.7 Å². The highest BCUT2D eigenvalue weighted by atomic mass is 16.5. The van der Waals surface area contributed by atoms with E-state index in [0.717, 1.165) is 64.2 Å². The number of hydrogen-bond acceptors (Lipinski definition) is 8. The molecule has 202 valence electrons. The highest BCUT2D eigenvalue weighted by Crippen LogP contribution is 2.46. The van der Waals surface area contributed by atoms with Gasteiger partial charge in [0.1, 0.15) is 11.5 Å². The van der Waals surface area contributed by atoms with E-state index in [1.54, 1.807) is 24.2 Å². The van der Waals surface area contributed by atoms with Gasteiger partial charge in [-0.1, -0.05) is 19.1 Å². The van der Waals surface area contributed by atoms with Gasteiger partial charge in [0.2, 0.25) is 5.88 Å². The fraction of sp³-hybridized carbons (Fsp3) is 0.345. The Morgan fingerprint density at radius 3 is 2.67 bits per heavy atom. The number of nitrogen functional groups attached to an aromatic ring is 1. The van der Waals surface area contributed by atoms with Crippen LogP contribution >= 0.6 is 0 Å². The maximum Gasteiger partial charge on any atom is 0.212 e. The van der Waals surface area contributed by atoms with Crippen molar-refractivity contribution in [2.75, 3.05) is 19.4 Å². The molecule has 0 amide bonds. The van der Waals surface area contributed by atoms with Crippen molar-refractivity contribution in [2.45, 2.75) is 39.0 Å². The Bertz CT molecular complexity index is 1620. The molecule has 4 N–H and O–H groups in total. The van der Waals surface area contributed by atoms with Crippen molar-refractivity contribution in [3.8, 4) is 22.6 Å². The minimum atomic E-state index is 0.208. The Morgan fingerprint density at radius 1 is 1.18 bits per heavy atom. The summed E-state index contributed by atoms with van der Waals surface area (Å²) in [5.74, 6) is 1.53. The van der Waals surface area contributed by atoms with Crippen molar-refractivity contribution in [3.63, 3.8) is 0 Å². The van der Waals surface area contributed by atoms with Crippen molar-refractivity contribution in [1.29, 1.82) is 0 Å². The first-order chi connectivity index (χ1) is 18.9. The van der Waals surface area contributed by atoms with Gasteiger partial charge in [0.15, 0.2) is 5.65 Å². The van der Waals surface area contributed by atoms with Crippen molar-refractivity contribution >= 4 is 29.1 Å². The molecule has 5 rings (SSSR count). The van der Waals surface area contributed by atoms with E-state index < -0.39 is 0 Å². The molecule has 3 heterocycles. The molecule has 0 spiro atoms. The number of nitrogens with two attached hydrogens (primary N) is 2. The smallest absolute Gasteiger partial charge is 0.212 e. The number of hydrogen-bond donors (Lipinski definition) is 2. The summed E-state index contributed by atoms with van der Waals surface area (Å²) in [5.41, 5.74) is 20.1. The zero-order valence-electron chi connectivity index (χ0n) is 23.1. The van der Waals surface area contributed by atoms with Crippen molar-refractivity contribution in [3.05, 3.63) is 59.0 Å². The lowest BCUT2D eigenvalue weighted by molar-refractivity contribution is 0.224. The van der Waals surface area contributed by atoms with Crippen LogP contribution in [0, 0.1) is 0 Å². The van der Waals surface area contributed by atoms with E-state index in [4.69, 9.17) is 26.2 Å². The quantitative estimate of drug-likeness (QED) is 0.190. The molecule has 39 heavy (non-hydrogen) atoms. The number of benzene rings is 1. The zero-order chi connectivity index (χ0) is 27.7. The molecule has 0 aliphatic heterocycles. The Hall–Kier alpha value is -4.47. The Kier molecular flexibility index (Phi) is 7.19.